The van der Waals surface area contributed by atoms with Crippen LogP contribution in [0.5, 0.6) is 0 Å². The Morgan fingerprint density at radius 2 is 2.10 bits per heavy atom. The van der Waals surface area contributed by atoms with Crippen molar-refractivity contribution >= 4 is 5.95 Å². The maximum Gasteiger partial charge on any atom is 0.244 e. The molecule has 1 aliphatic rings. The van der Waals surface area contributed by atoms with E-state index >= 15 is 0 Å². The van der Waals surface area contributed by atoms with Crippen molar-refractivity contribution in [2.45, 2.75) is 46.5 Å². The van der Waals surface area contributed by atoms with E-state index in [0.717, 1.165) is 50.3 Å². The van der Waals surface area contributed by atoms with Crippen molar-refractivity contribution in [3.05, 3.63) is 5.82 Å². The Morgan fingerprint density at radius 1 is 1.35 bits per heavy atom. The molecule has 0 radical (unpaired) electrons. The molecule has 0 aliphatic carbocycles. The van der Waals surface area contributed by atoms with Crippen LogP contribution in [-0.4, -0.2) is 41.4 Å². The molecule has 2 N–H and O–H groups in total. The average Bonchev–Trinajstić information content (AvgIpc) is 2.94. The molecule has 0 aromatic carbocycles. The van der Waals surface area contributed by atoms with Crippen molar-refractivity contribution in [3.8, 4) is 0 Å². The van der Waals surface area contributed by atoms with Crippen molar-refractivity contribution < 1.29 is 0 Å². The average molecular weight is 279 g/mol. The minimum Gasteiger partial charge on any atom is -0.340 e. The van der Waals surface area contributed by atoms with Gasteiger partial charge in [-0.3, -0.25) is 5.10 Å². The Morgan fingerprint density at radius 3 is 2.75 bits per heavy atom. The molecule has 20 heavy (non-hydrogen) atoms. The third kappa shape index (κ3) is 4.20. The molecule has 1 aromatic heterocycles. The molecule has 0 saturated carbocycles. The molecule has 0 bridgehead atoms. The number of aromatic amines is 1. The minimum atomic E-state index is 0.668. The fourth-order valence-electron chi connectivity index (χ4n) is 2.68. The van der Waals surface area contributed by atoms with Gasteiger partial charge >= 0.3 is 0 Å². The van der Waals surface area contributed by atoms with Gasteiger partial charge < -0.3 is 10.2 Å². The zero-order valence-corrected chi connectivity index (χ0v) is 13.2. The molecule has 1 saturated heterocycles. The quantitative estimate of drug-likeness (QED) is 0.803. The smallest absolute Gasteiger partial charge is 0.244 e. The first-order chi connectivity index (χ1) is 9.72. The lowest BCUT2D eigenvalue weighted by atomic mass is 9.97. The van der Waals surface area contributed by atoms with E-state index in [2.05, 4.69) is 46.2 Å². The maximum atomic E-state index is 4.65. The van der Waals surface area contributed by atoms with Gasteiger partial charge in [-0.05, 0) is 37.8 Å². The van der Waals surface area contributed by atoms with E-state index in [1.165, 1.54) is 19.3 Å². The predicted octanol–water partition coefficient (Wildman–Crippen LogP) is 2.22. The number of nitrogens with zero attached hydrogens (tertiary/aromatic N) is 3. The van der Waals surface area contributed by atoms with Crippen LogP contribution >= 0.6 is 0 Å². The number of H-pyrrole nitrogens is 1. The molecule has 2 rings (SSSR count). The lowest BCUT2D eigenvalue weighted by Crippen LogP contribution is -2.37. The van der Waals surface area contributed by atoms with E-state index in [1.54, 1.807) is 0 Å². The fraction of sp³-hybridized carbons (Fsp3) is 0.867. The number of nitrogens with one attached hydrogen (secondary N) is 2. The number of hydrogen-bond acceptors (Lipinski definition) is 4. The summed E-state index contributed by atoms with van der Waals surface area (Å²) >= 11 is 0. The lowest BCUT2D eigenvalue weighted by molar-refractivity contribution is 0.384. The van der Waals surface area contributed by atoms with Crippen molar-refractivity contribution in [2.24, 2.45) is 11.8 Å². The van der Waals surface area contributed by atoms with Crippen LogP contribution in [0, 0.1) is 11.8 Å². The van der Waals surface area contributed by atoms with Crippen LogP contribution in [0.3, 0.4) is 0 Å². The molecule has 2 heterocycles. The molecule has 1 aliphatic heterocycles. The fourth-order valence-corrected chi connectivity index (χ4v) is 2.68. The molecule has 5 nitrogen and oxygen atoms in total. The van der Waals surface area contributed by atoms with Gasteiger partial charge in [0.15, 0.2) is 0 Å². The summed E-state index contributed by atoms with van der Waals surface area (Å²) in [6.07, 6.45) is 4.66. The predicted molar refractivity (Wildman–Crippen MR) is 83.0 cm³/mol. The summed E-state index contributed by atoms with van der Waals surface area (Å²) in [5.74, 6) is 3.40. The molecule has 1 aromatic rings. The number of anilines is 1. The molecule has 114 valence electrons. The van der Waals surface area contributed by atoms with Crippen LogP contribution in [0.4, 0.5) is 5.95 Å². The molecular formula is C15H29N5. The first-order valence-electron chi connectivity index (χ1n) is 8.09. The van der Waals surface area contributed by atoms with Crippen molar-refractivity contribution in [2.75, 3.05) is 31.1 Å². The van der Waals surface area contributed by atoms with Crippen LogP contribution in [0.25, 0.3) is 0 Å². The highest BCUT2D eigenvalue weighted by molar-refractivity contribution is 5.29. The molecular weight excluding hydrogens is 250 g/mol. The second kappa shape index (κ2) is 7.62. The largest absolute Gasteiger partial charge is 0.340 e. The van der Waals surface area contributed by atoms with Gasteiger partial charge in [0.2, 0.25) is 5.95 Å². The van der Waals surface area contributed by atoms with E-state index in [4.69, 9.17) is 0 Å². The Balaban J connectivity index is 1.81. The Kier molecular flexibility index (Phi) is 5.83. The standard InChI is InChI=1S/C15H29N5/c1-4-12(3)10-14-17-15(19-18-14)20-8-6-13(7-9-20)11-16-5-2/h12-13,16H,4-11H2,1-3H3,(H,17,18,19). The van der Waals surface area contributed by atoms with Gasteiger partial charge in [0.25, 0.3) is 0 Å². The van der Waals surface area contributed by atoms with Gasteiger partial charge in [0.05, 0.1) is 0 Å². The monoisotopic (exact) mass is 279 g/mol. The second-order valence-corrected chi connectivity index (χ2v) is 6.04. The molecule has 5 heteroatoms. The van der Waals surface area contributed by atoms with Gasteiger partial charge in [-0.25, -0.2) is 0 Å². The minimum absolute atomic E-state index is 0.668. The van der Waals surface area contributed by atoms with Gasteiger partial charge in [-0.1, -0.05) is 27.2 Å². The number of rotatable bonds is 7. The summed E-state index contributed by atoms with van der Waals surface area (Å²) < 4.78 is 0. The van der Waals surface area contributed by atoms with Gasteiger partial charge in [0.1, 0.15) is 5.82 Å². The van der Waals surface area contributed by atoms with Crippen molar-refractivity contribution in [1.82, 2.24) is 20.5 Å². The molecule has 1 fully saturated rings. The van der Waals surface area contributed by atoms with Crippen LogP contribution < -0.4 is 10.2 Å². The SMILES string of the molecule is CCNCC1CCN(c2n[nH]c(CC(C)CC)n2)CC1. The Bertz CT molecular complexity index is 381. The van der Waals surface area contributed by atoms with E-state index in [1.807, 2.05) is 0 Å². The van der Waals surface area contributed by atoms with E-state index in [0.29, 0.717) is 5.92 Å². The molecule has 0 amide bonds. The highest BCUT2D eigenvalue weighted by Crippen LogP contribution is 2.20. The summed E-state index contributed by atoms with van der Waals surface area (Å²) in [5, 5.41) is 10.9. The summed E-state index contributed by atoms with van der Waals surface area (Å²) in [7, 11) is 0. The normalized spacial score (nSPS) is 18.4. The number of hydrogen-bond donors (Lipinski definition) is 2. The van der Waals surface area contributed by atoms with Gasteiger partial charge in [0, 0.05) is 19.5 Å². The lowest BCUT2D eigenvalue weighted by Gasteiger charge is -2.31. The Hall–Kier alpha value is -1.10. The van der Waals surface area contributed by atoms with E-state index in [-0.39, 0.29) is 0 Å². The summed E-state index contributed by atoms with van der Waals surface area (Å²) in [6, 6.07) is 0. The van der Waals surface area contributed by atoms with Crippen LogP contribution in [0.15, 0.2) is 0 Å². The number of piperidine rings is 1. The third-order valence-electron chi connectivity index (χ3n) is 4.34. The zero-order valence-electron chi connectivity index (χ0n) is 13.2. The Labute approximate surface area is 122 Å². The topological polar surface area (TPSA) is 56.8 Å². The van der Waals surface area contributed by atoms with Crippen molar-refractivity contribution in [3.63, 3.8) is 0 Å². The number of aromatic nitrogens is 3. The summed E-state index contributed by atoms with van der Waals surface area (Å²) in [6.45, 7) is 11.0. The van der Waals surface area contributed by atoms with Crippen LogP contribution in [0.1, 0.15) is 45.9 Å². The second-order valence-electron chi connectivity index (χ2n) is 6.04. The molecule has 0 spiro atoms. The van der Waals surface area contributed by atoms with Crippen LogP contribution in [0.2, 0.25) is 0 Å². The molecule has 1 unspecified atom stereocenters. The van der Waals surface area contributed by atoms with E-state index in [9.17, 15) is 0 Å². The summed E-state index contributed by atoms with van der Waals surface area (Å²) in [5.41, 5.74) is 0. The van der Waals surface area contributed by atoms with Gasteiger partial charge in [-0.2, -0.15) is 4.98 Å². The molecule has 1 atom stereocenters. The van der Waals surface area contributed by atoms with Crippen molar-refractivity contribution in [1.29, 1.82) is 0 Å². The highest BCUT2D eigenvalue weighted by atomic mass is 15.4. The first-order valence-corrected chi connectivity index (χ1v) is 8.09. The first kappa shape index (κ1) is 15.3. The van der Waals surface area contributed by atoms with Gasteiger partial charge in [-0.15, -0.1) is 5.10 Å². The van der Waals surface area contributed by atoms with E-state index < -0.39 is 0 Å². The zero-order chi connectivity index (χ0) is 14.4. The third-order valence-corrected chi connectivity index (χ3v) is 4.34. The highest BCUT2D eigenvalue weighted by Gasteiger charge is 2.21. The summed E-state index contributed by atoms with van der Waals surface area (Å²) in [4.78, 5) is 6.97. The van der Waals surface area contributed by atoms with Crippen LogP contribution in [-0.2, 0) is 6.42 Å². The maximum absolute atomic E-state index is 4.65.